The largest absolute Gasteiger partial charge is 0.506 e. The first-order valence-corrected chi connectivity index (χ1v) is 10.2. The molecule has 2 aromatic carbocycles. The maximum Gasteiger partial charge on any atom is 0.264 e. The topological polar surface area (TPSA) is 61.7 Å². The normalized spacial score (nSPS) is 17.3. The van der Waals surface area contributed by atoms with Crippen LogP contribution in [0.5, 0.6) is 5.75 Å². The molecule has 1 heterocycles. The highest BCUT2D eigenvalue weighted by molar-refractivity contribution is 14.1. The smallest absolute Gasteiger partial charge is 0.264 e. The molecular weight excluding hydrogens is 515 g/mol. The van der Waals surface area contributed by atoms with Crippen LogP contribution >= 0.6 is 50.3 Å². The Morgan fingerprint density at radius 2 is 2.04 bits per heavy atom. The Morgan fingerprint density at radius 3 is 2.72 bits per heavy atom. The van der Waals surface area contributed by atoms with E-state index in [-0.39, 0.29) is 11.7 Å². The number of rotatable bonds is 3. The molecule has 2 aromatic rings. The number of thioether (sulfide) groups is 1. The average Bonchev–Trinajstić information content (AvgIpc) is 2.92. The second kappa shape index (κ2) is 7.92. The molecule has 1 aliphatic heterocycles. The van der Waals surface area contributed by atoms with Gasteiger partial charge in [-0.3, -0.25) is 4.79 Å². The van der Waals surface area contributed by atoms with Gasteiger partial charge in [0.05, 0.1) is 14.2 Å². The minimum atomic E-state index is -0.219. The van der Waals surface area contributed by atoms with Crippen LogP contribution < -0.4 is 5.32 Å². The van der Waals surface area contributed by atoms with E-state index in [1.165, 1.54) is 17.3 Å². The van der Waals surface area contributed by atoms with Crippen LogP contribution in [0.4, 0.5) is 5.69 Å². The summed E-state index contributed by atoms with van der Waals surface area (Å²) in [5.74, 6) is -0.0615. The number of aliphatic imine (C=N–C) groups is 1. The van der Waals surface area contributed by atoms with Crippen molar-refractivity contribution in [3.63, 3.8) is 0 Å². The lowest BCUT2D eigenvalue weighted by Gasteiger charge is -2.03. The van der Waals surface area contributed by atoms with Crippen molar-refractivity contribution in [3.05, 3.63) is 60.5 Å². The third-order valence-corrected chi connectivity index (χ3v) is 5.76. The van der Waals surface area contributed by atoms with Gasteiger partial charge in [-0.25, -0.2) is 4.99 Å². The molecule has 1 amide bonds. The number of aromatic hydroxyl groups is 1. The number of aryl methyl sites for hydroxylation is 1. The zero-order valence-electron chi connectivity index (χ0n) is 13.2. The fourth-order valence-corrected chi connectivity index (χ4v) is 4.62. The Hall–Kier alpha value is -1.32. The highest BCUT2D eigenvalue weighted by Gasteiger charge is 2.24. The lowest BCUT2D eigenvalue weighted by molar-refractivity contribution is -0.115. The number of phenolic OH excluding ortho intramolecular Hbond substituents is 1. The van der Waals surface area contributed by atoms with E-state index in [1.807, 2.05) is 30.3 Å². The molecule has 2 N–H and O–H groups in total. The van der Waals surface area contributed by atoms with Gasteiger partial charge in [0.1, 0.15) is 5.75 Å². The van der Waals surface area contributed by atoms with E-state index in [0.29, 0.717) is 19.2 Å². The van der Waals surface area contributed by atoms with Gasteiger partial charge in [0.15, 0.2) is 5.17 Å². The highest BCUT2D eigenvalue weighted by atomic mass is 127. The Balaban J connectivity index is 1.86. The fraction of sp³-hybridized carbons (Fsp3) is 0.111. The summed E-state index contributed by atoms with van der Waals surface area (Å²) in [5, 5.41) is 13.5. The molecule has 0 spiro atoms. The van der Waals surface area contributed by atoms with Crippen molar-refractivity contribution in [3.8, 4) is 5.75 Å². The SMILES string of the molecule is CCc1ccc(N=C2NC(=O)/C(=C\c3cc(Br)cc(I)c3O)S2)cc1. The van der Waals surface area contributed by atoms with Crippen LogP contribution in [-0.4, -0.2) is 16.2 Å². The summed E-state index contributed by atoms with van der Waals surface area (Å²) < 4.78 is 1.56. The van der Waals surface area contributed by atoms with Crippen molar-refractivity contribution in [2.24, 2.45) is 4.99 Å². The zero-order chi connectivity index (χ0) is 18.0. The molecule has 128 valence electrons. The number of nitrogens with one attached hydrogen (secondary N) is 1. The van der Waals surface area contributed by atoms with Gasteiger partial charge < -0.3 is 10.4 Å². The second-order valence-corrected chi connectivity index (χ2v) is 8.44. The number of benzene rings is 2. The molecule has 1 fully saturated rings. The van der Waals surface area contributed by atoms with Crippen molar-refractivity contribution in [1.29, 1.82) is 0 Å². The predicted molar refractivity (Wildman–Crippen MR) is 115 cm³/mol. The van der Waals surface area contributed by atoms with Gasteiger partial charge in [-0.2, -0.15) is 0 Å². The summed E-state index contributed by atoms with van der Waals surface area (Å²) >= 11 is 6.72. The van der Waals surface area contributed by atoms with Crippen LogP contribution in [0.1, 0.15) is 18.1 Å². The third kappa shape index (κ3) is 4.45. The predicted octanol–water partition coefficient (Wildman–Crippen LogP) is 5.21. The number of nitrogens with zero attached hydrogens (tertiary/aromatic N) is 1. The van der Waals surface area contributed by atoms with E-state index in [1.54, 1.807) is 12.1 Å². The number of hydrogen-bond donors (Lipinski definition) is 2. The average molecular weight is 529 g/mol. The lowest BCUT2D eigenvalue weighted by atomic mass is 10.2. The number of amidine groups is 1. The van der Waals surface area contributed by atoms with Crippen molar-refractivity contribution >= 4 is 73.1 Å². The molecule has 4 nitrogen and oxygen atoms in total. The first-order valence-electron chi connectivity index (χ1n) is 7.53. The molecule has 0 atom stereocenters. The Morgan fingerprint density at radius 1 is 1.32 bits per heavy atom. The van der Waals surface area contributed by atoms with Crippen LogP contribution in [0.2, 0.25) is 0 Å². The molecule has 3 rings (SSSR count). The number of amides is 1. The van der Waals surface area contributed by atoms with Gasteiger partial charge in [0, 0.05) is 10.0 Å². The summed E-state index contributed by atoms with van der Waals surface area (Å²) in [6.45, 7) is 2.10. The summed E-state index contributed by atoms with van der Waals surface area (Å²) in [5.41, 5.74) is 2.62. The second-order valence-electron chi connectivity index (χ2n) is 5.33. The first-order chi connectivity index (χ1) is 12.0. The van der Waals surface area contributed by atoms with Gasteiger partial charge >= 0.3 is 0 Å². The number of carbonyl (C=O) groups is 1. The quantitative estimate of drug-likeness (QED) is 0.424. The van der Waals surface area contributed by atoms with E-state index < -0.39 is 0 Å². The van der Waals surface area contributed by atoms with Crippen LogP contribution in [0, 0.1) is 3.57 Å². The minimum Gasteiger partial charge on any atom is -0.506 e. The van der Waals surface area contributed by atoms with Crippen molar-refractivity contribution in [1.82, 2.24) is 5.32 Å². The summed E-state index contributed by atoms with van der Waals surface area (Å²) in [6, 6.07) is 11.5. The maximum absolute atomic E-state index is 12.2. The fourth-order valence-electron chi connectivity index (χ4n) is 2.24. The monoisotopic (exact) mass is 528 g/mol. The Labute approximate surface area is 172 Å². The molecule has 0 radical (unpaired) electrons. The van der Waals surface area contributed by atoms with Gasteiger partial charge in [-0.15, -0.1) is 0 Å². The van der Waals surface area contributed by atoms with Crippen LogP contribution in [0.15, 0.2) is 50.8 Å². The van der Waals surface area contributed by atoms with Crippen LogP contribution in [0.3, 0.4) is 0 Å². The van der Waals surface area contributed by atoms with E-state index >= 15 is 0 Å². The van der Waals surface area contributed by atoms with Gasteiger partial charge in [-0.1, -0.05) is 35.0 Å². The molecule has 7 heteroatoms. The number of halogens is 2. The first kappa shape index (κ1) is 18.5. The Bertz CT molecular complexity index is 895. The minimum absolute atomic E-state index is 0.158. The molecule has 0 bridgehead atoms. The third-order valence-electron chi connectivity index (χ3n) is 3.57. The van der Waals surface area contributed by atoms with Crippen LogP contribution in [0.25, 0.3) is 6.08 Å². The molecule has 0 unspecified atom stereocenters. The van der Waals surface area contributed by atoms with Crippen molar-refractivity contribution in [2.75, 3.05) is 0 Å². The lowest BCUT2D eigenvalue weighted by Crippen LogP contribution is -2.19. The summed E-state index contributed by atoms with van der Waals surface area (Å²) in [4.78, 5) is 17.1. The molecule has 25 heavy (non-hydrogen) atoms. The number of carbonyl (C=O) groups excluding carboxylic acids is 1. The molecule has 0 aromatic heterocycles. The van der Waals surface area contributed by atoms with E-state index in [9.17, 15) is 9.90 Å². The standard InChI is InChI=1S/C18H14BrIN2O2S/c1-2-10-3-5-13(6-4-10)21-18-22-17(24)15(25-18)8-11-7-12(19)9-14(20)16(11)23/h3-9,23H,2H2,1H3,(H,21,22,24)/b15-8+. The van der Waals surface area contributed by atoms with E-state index in [0.717, 1.165) is 16.6 Å². The van der Waals surface area contributed by atoms with Crippen molar-refractivity contribution in [2.45, 2.75) is 13.3 Å². The maximum atomic E-state index is 12.2. The van der Waals surface area contributed by atoms with Crippen molar-refractivity contribution < 1.29 is 9.90 Å². The molecule has 1 aliphatic rings. The Kier molecular flexibility index (Phi) is 5.85. The summed E-state index contributed by atoms with van der Waals surface area (Å²) in [7, 11) is 0. The molecular formula is C18H14BrIN2O2S. The molecule has 0 saturated carbocycles. The van der Waals surface area contributed by atoms with E-state index in [2.05, 4.69) is 55.8 Å². The van der Waals surface area contributed by atoms with Crippen LogP contribution in [-0.2, 0) is 11.2 Å². The van der Waals surface area contributed by atoms with Gasteiger partial charge in [-0.05, 0) is 76.7 Å². The van der Waals surface area contributed by atoms with Gasteiger partial charge in [0.2, 0.25) is 0 Å². The zero-order valence-corrected chi connectivity index (χ0v) is 17.8. The molecule has 1 saturated heterocycles. The highest BCUT2D eigenvalue weighted by Crippen LogP contribution is 2.34. The van der Waals surface area contributed by atoms with Gasteiger partial charge in [0.25, 0.3) is 5.91 Å². The molecule has 0 aliphatic carbocycles. The van der Waals surface area contributed by atoms with E-state index in [4.69, 9.17) is 0 Å². The number of phenols is 1. The number of hydrogen-bond acceptors (Lipinski definition) is 4. The summed E-state index contributed by atoms with van der Waals surface area (Å²) in [6.07, 6.45) is 2.65.